The summed E-state index contributed by atoms with van der Waals surface area (Å²) in [6.07, 6.45) is 13.9. The van der Waals surface area contributed by atoms with Crippen molar-refractivity contribution < 1.29 is 19.4 Å². The molecule has 28 heavy (non-hydrogen) atoms. The average molecular weight is 399 g/mol. The molecule has 0 aliphatic rings. The molecule has 0 rings (SSSR count). The molecule has 0 aliphatic carbocycles. The molecule has 0 amide bonds. The molecule has 0 aliphatic heterocycles. The van der Waals surface area contributed by atoms with Crippen molar-refractivity contribution in [3.8, 4) is 0 Å². The number of hydrogen-bond acceptors (Lipinski definition) is 3. The predicted molar refractivity (Wildman–Crippen MR) is 116 cm³/mol. The average Bonchev–Trinajstić information content (AvgIpc) is 2.65. The summed E-state index contributed by atoms with van der Waals surface area (Å²) in [5.41, 5.74) is 0. The van der Waals surface area contributed by atoms with Crippen LogP contribution in [0.1, 0.15) is 118 Å². The maximum atomic E-state index is 12.6. The van der Waals surface area contributed by atoms with Crippen LogP contribution in [0, 0.1) is 17.8 Å². The first-order valence-electron chi connectivity index (χ1n) is 11.8. The molecule has 2 unspecified atom stereocenters. The number of carboxylic acid groups (broad SMARTS) is 1. The molecule has 2 atom stereocenters. The molecule has 0 saturated heterocycles. The third-order valence-electron chi connectivity index (χ3n) is 5.62. The van der Waals surface area contributed by atoms with Crippen molar-refractivity contribution in [2.45, 2.75) is 118 Å². The fourth-order valence-electron chi connectivity index (χ4n) is 3.57. The van der Waals surface area contributed by atoms with Gasteiger partial charge in [0.15, 0.2) is 0 Å². The summed E-state index contributed by atoms with van der Waals surface area (Å²) in [7, 11) is 0. The van der Waals surface area contributed by atoms with E-state index in [1.54, 1.807) is 0 Å². The van der Waals surface area contributed by atoms with Gasteiger partial charge in [0.25, 0.3) is 0 Å². The zero-order valence-electron chi connectivity index (χ0n) is 19.0. The molecule has 0 aromatic carbocycles. The van der Waals surface area contributed by atoms with Gasteiger partial charge in [-0.3, -0.25) is 9.59 Å². The minimum Gasteiger partial charge on any atom is -0.481 e. The fourth-order valence-corrected chi connectivity index (χ4v) is 3.57. The van der Waals surface area contributed by atoms with E-state index in [1.807, 2.05) is 0 Å². The summed E-state index contributed by atoms with van der Waals surface area (Å²) in [6.45, 7) is 9.37. The van der Waals surface area contributed by atoms with Gasteiger partial charge in [0, 0.05) is 6.42 Å². The third kappa shape index (κ3) is 15.9. The van der Waals surface area contributed by atoms with E-state index in [4.69, 9.17) is 9.84 Å². The first-order valence-corrected chi connectivity index (χ1v) is 11.8. The van der Waals surface area contributed by atoms with Gasteiger partial charge >= 0.3 is 11.9 Å². The number of aliphatic carboxylic acids is 1. The van der Waals surface area contributed by atoms with E-state index in [0.717, 1.165) is 38.0 Å². The van der Waals surface area contributed by atoms with Gasteiger partial charge in [-0.25, -0.2) is 0 Å². The summed E-state index contributed by atoms with van der Waals surface area (Å²) >= 11 is 0. The normalized spacial score (nSPS) is 13.5. The van der Waals surface area contributed by atoms with E-state index in [-0.39, 0.29) is 18.3 Å². The molecule has 0 aromatic rings. The number of carbonyl (C=O) groups is 2. The van der Waals surface area contributed by atoms with Crippen molar-refractivity contribution in [3.63, 3.8) is 0 Å². The molecule has 0 radical (unpaired) electrons. The maximum Gasteiger partial charge on any atom is 0.308 e. The monoisotopic (exact) mass is 398 g/mol. The van der Waals surface area contributed by atoms with Gasteiger partial charge in [0.2, 0.25) is 0 Å². The van der Waals surface area contributed by atoms with Crippen molar-refractivity contribution >= 4 is 11.9 Å². The zero-order chi connectivity index (χ0) is 21.2. The van der Waals surface area contributed by atoms with Gasteiger partial charge in [-0.05, 0) is 37.5 Å². The Morgan fingerprint density at radius 1 is 0.821 bits per heavy atom. The van der Waals surface area contributed by atoms with Crippen molar-refractivity contribution in [1.29, 1.82) is 0 Å². The van der Waals surface area contributed by atoms with Crippen LogP contribution in [0.4, 0.5) is 0 Å². The van der Waals surface area contributed by atoms with Crippen LogP contribution in [0.3, 0.4) is 0 Å². The topological polar surface area (TPSA) is 63.6 Å². The Morgan fingerprint density at radius 3 is 2.00 bits per heavy atom. The first kappa shape index (κ1) is 26.9. The van der Waals surface area contributed by atoms with Crippen LogP contribution >= 0.6 is 0 Å². The molecule has 166 valence electrons. The Bertz CT molecular complexity index is 392. The molecular weight excluding hydrogens is 352 g/mol. The molecule has 0 heterocycles. The van der Waals surface area contributed by atoms with E-state index >= 15 is 0 Å². The van der Waals surface area contributed by atoms with Gasteiger partial charge in [-0.2, -0.15) is 0 Å². The molecule has 4 nitrogen and oxygen atoms in total. The van der Waals surface area contributed by atoms with Crippen LogP contribution in [-0.2, 0) is 14.3 Å². The molecule has 0 saturated carbocycles. The highest BCUT2D eigenvalue weighted by atomic mass is 16.5. The molecule has 0 spiro atoms. The number of carbonyl (C=O) groups excluding carboxylic acids is 1. The second kappa shape index (κ2) is 18.0. The lowest BCUT2D eigenvalue weighted by atomic mass is 9.94. The van der Waals surface area contributed by atoms with Gasteiger partial charge in [0.1, 0.15) is 0 Å². The Labute approximate surface area is 173 Å². The summed E-state index contributed by atoms with van der Waals surface area (Å²) in [5, 5.41) is 8.87. The highest BCUT2D eigenvalue weighted by Gasteiger charge is 2.21. The summed E-state index contributed by atoms with van der Waals surface area (Å²) in [5.74, 6) is 0.184. The van der Waals surface area contributed by atoms with Crippen LogP contribution in [0.15, 0.2) is 0 Å². The van der Waals surface area contributed by atoms with Crippen LogP contribution in [-0.4, -0.2) is 23.7 Å². The maximum absolute atomic E-state index is 12.6. The predicted octanol–water partition coefficient (Wildman–Crippen LogP) is 7.00. The number of ether oxygens (including phenoxy) is 1. The molecular formula is C24H46O4. The molecule has 4 heteroatoms. The Hall–Kier alpha value is -1.06. The Kier molecular flexibility index (Phi) is 17.3. The second-order valence-electron chi connectivity index (χ2n) is 8.77. The lowest BCUT2D eigenvalue weighted by molar-refractivity contribution is -0.151. The zero-order valence-corrected chi connectivity index (χ0v) is 19.0. The van der Waals surface area contributed by atoms with Crippen LogP contribution in [0.5, 0.6) is 0 Å². The van der Waals surface area contributed by atoms with E-state index in [9.17, 15) is 9.59 Å². The quantitative estimate of drug-likeness (QED) is 0.188. The second-order valence-corrected chi connectivity index (χ2v) is 8.77. The van der Waals surface area contributed by atoms with Gasteiger partial charge < -0.3 is 9.84 Å². The lowest BCUT2D eigenvalue weighted by Crippen LogP contribution is -2.22. The van der Waals surface area contributed by atoms with Crippen LogP contribution in [0.2, 0.25) is 0 Å². The molecule has 0 bridgehead atoms. The van der Waals surface area contributed by atoms with E-state index in [2.05, 4.69) is 27.7 Å². The standard InChI is InChI=1S/C24H46O4/c1-5-7-15-21(6-2)19-28-24(27)22(17-13-18-23(25)26)16-12-10-8-9-11-14-20(3)4/h20-22H,5-19H2,1-4H3,(H,25,26). The van der Waals surface area contributed by atoms with Crippen molar-refractivity contribution in [3.05, 3.63) is 0 Å². The Morgan fingerprint density at radius 2 is 1.43 bits per heavy atom. The minimum atomic E-state index is -0.789. The number of carboxylic acids is 1. The minimum absolute atomic E-state index is 0.111. The smallest absolute Gasteiger partial charge is 0.308 e. The molecule has 0 fully saturated rings. The van der Waals surface area contributed by atoms with Crippen LogP contribution < -0.4 is 0 Å². The number of esters is 1. The number of unbranched alkanes of at least 4 members (excludes halogenated alkanes) is 5. The summed E-state index contributed by atoms with van der Waals surface area (Å²) in [6, 6.07) is 0. The van der Waals surface area contributed by atoms with E-state index < -0.39 is 5.97 Å². The highest BCUT2D eigenvalue weighted by molar-refractivity contribution is 5.72. The summed E-state index contributed by atoms with van der Waals surface area (Å²) in [4.78, 5) is 23.4. The first-order chi connectivity index (χ1) is 13.4. The van der Waals surface area contributed by atoms with Gasteiger partial charge in [-0.15, -0.1) is 0 Å². The number of hydrogen-bond donors (Lipinski definition) is 1. The third-order valence-corrected chi connectivity index (χ3v) is 5.62. The number of rotatable bonds is 19. The molecule has 1 N–H and O–H groups in total. The van der Waals surface area contributed by atoms with Crippen LogP contribution in [0.25, 0.3) is 0 Å². The lowest BCUT2D eigenvalue weighted by Gasteiger charge is -2.19. The summed E-state index contributed by atoms with van der Waals surface area (Å²) < 4.78 is 5.65. The van der Waals surface area contributed by atoms with E-state index in [1.165, 1.54) is 38.5 Å². The largest absolute Gasteiger partial charge is 0.481 e. The van der Waals surface area contributed by atoms with Crippen molar-refractivity contribution in [1.82, 2.24) is 0 Å². The van der Waals surface area contributed by atoms with Crippen molar-refractivity contribution in [2.24, 2.45) is 17.8 Å². The SMILES string of the molecule is CCCCC(CC)COC(=O)C(CCCCCCCC(C)C)CCCC(=O)O. The van der Waals surface area contributed by atoms with E-state index in [0.29, 0.717) is 25.4 Å². The molecule has 0 aromatic heterocycles. The van der Waals surface area contributed by atoms with Gasteiger partial charge in [-0.1, -0.05) is 85.5 Å². The van der Waals surface area contributed by atoms with Crippen molar-refractivity contribution in [2.75, 3.05) is 6.61 Å². The highest BCUT2D eigenvalue weighted by Crippen LogP contribution is 2.21. The fraction of sp³-hybridized carbons (Fsp3) is 0.917. The van der Waals surface area contributed by atoms with Gasteiger partial charge in [0.05, 0.1) is 12.5 Å². The Balaban J connectivity index is 4.28.